The monoisotopic (exact) mass is 490 g/mol. The average Bonchev–Trinajstić information content (AvgIpc) is 2.84. The maximum Gasteiger partial charge on any atom is 0.218 e. The Bertz CT molecular complexity index is 1240. The molecule has 0 amide bonds. The number of aryl methyl sites for hydroxylation is 1. The second kappa shape index (κ2) is 10.2. The molecule has 2 saturated heterocycles. The van der Waals surface area contributed by atoms with Gasteiger partial charge in [0.25, 0.3) is 0 Å². The van der Waals surface area contributed by atoms with Crippen molar-refractivity contribution < 1.29 is 13.5 Å². The van der Waals surface area contributed by atoms with Crippen LogP contribution in [0.3, 0.4) is 0 Å². The van der Waals surface area contributed by atoms with E-state index >= 15 is 0 Å². The topological polar surface area (TPSA) is 60.9 Å². The van der Waals surface area contributed by atoms with Gasteiger partial charge in [-0.1, -0.05) is 78.9 Å². The van der Waals surface area contributed by atoms with E-state index in [0.29, 0.717) is 13.1 Å². The lowest BCUT2D eigenvalue weighted by molar-refractivity contribution is -0.0554. The van der Waals surface area contributed by atoms with Gasteiger partial charge in [0.1, 0.15) is 0 Å². The molecule has 2 aliphatic heterocycles. The van der Waals surface area contributed by atoms with Crippen LogP contribution in [0.2, 0.25) is 0 Å². The van der Waals surface area contributed by atoms with E-state index in [1.807, 2.05) is 36.4 Å². The van der Waals surface area contributed by atoms with Gasteiger partial charge in [-0.05, 0) is 54.1 Å². The van der Waals surface area contributed by atoms with Crippen molar-refractivity contribution in [1.82, 2.24) is 9.21 Å². The number of rotatable bonds is 6. The van der Waals surface area contributed by atoms with Crippen molar-refractivity contribution in [3.05, 3.63) is 95.6 Å². The standard InChI is InChI=1S/C29H34N2O3S/c1-22-9-5-6-12-26(22)24-13-15-25(16-14-24)29-27-19-30(17-7-8-18-31(27)28(29)20-32)35(33,34)21-23-10-3-2-4-11-23/h2-6,9-16,27-29,32H,7-8,17-21H2,1H3/t27-,28-,29-/m1/s1. The molecule has 5 rings (SSSR count). The quantitative estimate of drug-likeness (QED) is 0.556. The molecule has 0 spiro atoms. The number of aliphatic hydroxyl groups is 1. The van der Waals surface area contributed by atoms with Crippen LogP contribution in [-0.2, 0) is 15.8 Å². The largest absolute Gasteiger partial charge is 0.395 e. The Morgan fingerprint density at radius 1 is 0.886 bits per heavy atom. The smallest absolute Gasteiger partial charge is 0.218 e. The number of benzene rings is 3. The number of sulfonamides is 1. The number of fused-ring (bicyclic) bond motifs is 1. The van der Waals surface area contributed by atoms with Crippen LogP contribution in [0.4, 0.5) is 0 Å². The molecule has 0 radical (unpaired) electrons. The molecule has 6 heteroatoms. The van der Waals surface area contributed by atoms with Gasteiger partial charge in [-0.3, -0.25) is 4.90 Å². The zero-order valence-electron chi connectivity index (χ0n) is 20.3. The number of hydrogen-bond acceptors (Lipinski definition) is 4. The number of aliphatic hydroxyl groups excluding tert-OH is 1. The van der Waals surface area contributed by atoms with Crippen LogP contribution in [0.25, 0.3) is 11.1 Å². The van der Waals surface area contributed by atoms with Crippen LogP contribution in [0.5, 0.6) is 0 Å². The number of nitrogens with zero attached hydrogens (tertiary/aromatic N) is 2. The van der Waals surface area contributed by atoms with E-state index < -0.39 is 10.0 Å². The molecule has 5 nitrogen and oxygen atoms in total. The third kappa shape index (κ3) is 4.94. The minimum atomic E-state index is -3.43. The Labute approximate surface area is 209 Å². The minimum absolute atomic E-state index is 0.0276. The molecule has 1 N–H and O–H groups in total. The fourth-order valence-electron chi connectivity index (χ4n) is 5.82. The molecule has 0 bridgehead atoms. The summed E-state index contributed by atoms with van der Waals surface area (Å²) in [7, 11) is -3.43. The van der Waals surface area contributed by atoms with Crippen LogP contribution in [-0.4, -0.2) is 61.1 Å². The van der Waals surface area contributed by atoms with E-state index in [0.717, 1.165) is 24.9 Å². The summed E-state index contributed by atoms with van der Waals surface area (Å²) in [6, 6.07) is 26.5. The predicted molar refractivity (Wildman–Crippen MR) is 141 cm³/mol. The van der Waals surface area contributed by atoms with E-state index in [2.05, 4.69) is 54.3 Å². The van der Waals surface area contributed by atoms with Gasteiger partial charge in [-0.15, -0.1) is 0 Å². The highest BCUT2D eigenvalue weighted by Crippen LogP contribution is 2.42. The summed E-state index contributed by atoms with van der Waals surface area (Å²) in [5, 5.41) is 10.2. The van der Waals surface area contributed by atoms with E-state index in [1.165, 1.54) is 22.3 Å². The lowest BCUT2D eigenvalue weighted by Crippen LogP contribution is -2.67. The Morgan fingerprint density at radius 3 is 2.29 bits per heavy atom. The van der Waals surface area contributed by atoms with Gasteiger partial charge in [-0.25, -0.2) is 12.7 Å². The summed E-state index contributed by atoms with van der Waals surface area (Å²) < 4.78 is 28.5. The van der Waals surface area contributed by atoms with Crippen molar-refractivity contribution in [2.75, 3.05) is 26.2 Å². The van der Waals surface area contributed by atoms with Crippen molar-refractivity contribution in [2.45, 2.75) is 43.5 Å². The van der Waals surface area contributed by atoms with Crippen LogP contribution in [0, 0.1) is 6.92 Å². The summed E-state index contributed by atoms with van der Waals surface area (Å²) in [5.74, 6) is 0.137. The summed E-state index contributed by atoms with van der Waals surface area (Å²) in [6.07, 6.45) is 1.77. The molecular formula is C29H34N2O3S. The first kappa shape index (κ1) is 24.2. The SMILES string of the molecule is Cc1ccccc1-c1ccc([C@H]2[C@@H](CO)N3CCCCN(S(=O)(=O)Cc4ccccc4)C[C@H]23)cc1. The molecule has 35 heavy (non-hydrogen) atoms. The first-order valence-corrected chi connectivity index (χ1v) is 14.1. The summed E-state index contributed by atoms with van der Waals surface area (Å²) in [4.78, 5) is 2.32. The molecule has 3 aromatic rings. The van der Waals surface area contributed by atoms with Crippen molar-refractivity contribution in [2.24, 2.45) is 0 Å². The molecule has 2 fully saturated rings. The third-order valence-electron chi connectivity index (χ3n) is 7.67. The van der Waals surface area contributed by atoms with Crippen molar-refractivity contribution in [1.29, 1.82) is 0 Å². The Morgan fingerprint density at radius 2 is 1.57 bits per heavy atom. The first-order chi connectivity index (χ1) is 17.0. The molecule has 3 atom stereocenters. The minimum Gasteiger partial charge on any atom is -0.395 e. The van der Waals surface area contributed by atoms with Gasteiger partial charge in [0.2, 0.25) is 10.0 Å². The van der Waals surface area contributed by atoms with Crippen molar-refractivity contribution in [3.63, 3.8) is 0 Å². The van der Waals surface area contributed by atoms with Gasteiger partial charge in [-0.2, -0.15) is 0 Å². The maximum atomic E-state index is 13.4. The summed E-state index contributed by atoms with van der Waals surface area (Å²) in [6.45, 7) is 4.13. The second-order valence-electron chi connectivity index (χ2n) is 9.82. The zero-order chi connectivity index (χ0) is 24.4. The lowest BCUT2D eigenvalue weighted by Gasteiger charge is -2.57. The fraction of sp³-hybridized carbons (Fsp3) is 0.379. The molecule has 0 aliphatic carbocycles. The van der Waals surface area contributed by atoms with Gasteiger partial charge in [0.05, 0.1) is 12.4 Å². The Balaban J connectivity index is 1.39. The highest BCUT2D eigenvalue weighted by molar-refractivity contribution is 7.88. The second-order valence-corrected chi connectivity index (χ2v) is 11.8. The van der Waals surface area contributed by atoms with E-state index in [4.69, 9.17) is 0 Å². The summed E-state index contributed by atoms with van der Waals surface area (Å²) >= 11 is 0. The van der Waals surface area contributed by atoms with E-state index in [9.17, 15) is 13.5 Å². The molecule has 0 unspecified atom stereocenters. The average molecular weight is 491 g/mol. The molecule has 184 valence electrons. The van der Waals surface area contributed by atoms with Gasteiger partial charge in [0, 0.05) is 31.1 Å². The molecule has 2 heterocycles. The van der Waals surface area contributed by atoms with E-state index in [-0.39, 0.29) is 30.4 Å². The van der Waals surface area contributed by atoms with Crippen LogP contribution < -0.4 is 0 Å². The van der Waals surface area contributed by atoms with Crippen LogP contribution in [0.15, 0.2) is 78.9 Å². The van der Waals surface area contributed by atoms with E-state index in [1.54, 1.807) is 4.31 Å². The Kier molecular flexibility index (Phi) is 7.07. The van der Waals surface area contributed by atoms with Crippen molar-refractivity contribution >= 4 is 10.0 Å². The number of hydrogen-bond donors (Lipinski definition) is 1. The molecular weight excluding hydrogens is 456 g/mol. The molecule has 0 saturated carbocycles. The normalized spacial score (nSPS) is 23.7. The zero-order valence-corrected chi connectivity index (χ0v) is 21.1. The molecule has 2 aliphatic rings. The van der Waals surface area contributed by atoms with Crippen LogP contribution >= 0.6 is 0 Å². The predicted octanol–water partition coefficient (Wildman–Crippen LogP) is 4.42. The van der Waals surface area contributed by atoms with Gasteiger partial charge >= 0.3 is 0 Å². The van der Waals surface area contributed by atoms with Gasteiger partial charge in [0.15, 0.2) is 0 Å². The fourth-order valence-corrected chi connectivity index (χ4v) is 7.40. The lowest BCUT2D eigenvalue weighted by atomic mass is 9.74. The van der Waals surface area contributed by atoms with Crippen LogP contribution in [0.1, 0.15) is 35.4 Å². The first-order valence-electron chi connectivity index (χ1n) is 12.5. The maximum absolute atomic E-state index is 13.4. The van der Waals surface area contributed by atoms with Crippen molar-refractivity contribution in [3.8, 4) is 11.1 Å². The molecule has 0 aromatic heterocycles. The Hall–Kier alpha value is -2.51. The highest BCUT2D eigenvalue weighted by atomic mass is 32.2. The summed E-state index contributed by atoms with van der Waals surface area (Å²) in [5.41, 5.74) is 5.62. The third-order valence-corrected chi connectivity index (χ3v) is 9.49. The highest BCUT2D eigenvalue weighted by Gasteiger charge is 2.50. The molecule has 3 aromatic carbocycles. The van der Waals surface area contributed by atoms with Gasteiger partial charge < -0.3 is 5.11 Å².